The Kier molecular flexibility index (Phi) is 6.21. The van der Waals surface area contributed by atoms with Crippen molar-refractivity contribution < 1.29 is 9.18 Å². The van der Waals surface area contributed by atoms with E-state index < -0.39 is 0 Å². The van der Waals surface area contributed by atoms with Crippen LogP contribution in [0.25, 0.3) is 0 Å². The molecule has 2 saturated heterocycles. The molecule has 2 aromatic rings. The van der Waals surface area contributed by atoms with E-state index in [1.165, 1.54) is 17.7 Å². The fourth-order valence-electron chi connectivity index (χ4n) is 4.83. The van der Waals surface area contributed by atoms with Gasteiger partial charge in [0.2, 0.25) is 5.91 Å². The van der Waals surface area contributed by atoms with Crippen LogP contribution in [0.15, 0.2) is 48.8 Å². The third-order valence-corrected chi connectivity index (χ3v) is 6.37. The van der Waals surface area contributed by atoms with Crippen molar-refractivity contribution in [3.8, 4) is 0 Å². The van der Waals surface area contributed by atoms with E-state index >= 15 is 0 Å². The first-order valence-electron chi connectivity index (χ1n) is 10.5. The zero-order valence-corrected chi connectivity index (χ0v) is 16.9. The maximum absolute atomic E-state index is 13.4. The van der Waals surface area contributed by atoms with Gasteiger partial charge in [-0.1, -0.05) is 12.1 Å². The molecule has 3 heterocycles. The summed E-state index contributed by atoms with van der Waals surface area (Å²) in [5, 5.41) is 2.88. The molecule has 1 aromatic heterocycles. The number of benzene rings is 1. The number of pyridine rings is 1. The Labute approximate surface area is 171 Å². The molecule has 0 radical (unpaired) electrons. The monoisotopic (exact) mass is 396 g/mol. The van der Waals surface area contributed by atoms with Gasteiger partial charge in [0.15, 0.2) is 0 Å². The summed E-state index contributed by atoms with van der Waals surface area (Å²) in [7, 11) is 2.13. The highest BCUT2D eigenvalue weighted by atomic mass is 19.1. The molecule has 2 atom stereocenters. The highest BCUT2D eigenvalue weighted by Gasteiger charge is 2.39. The van der Waals surface area contributed by atoms with Crippen LogP contribution in [0.4, 0.5) is 10.1 Å². The van der Waals surface area contributed by atoms with E-state index in [0.717, 1.165) is 45.4 Å². The van der Waals surface area contributed by atoms with Gasteiger partial charge in [0.1, 0.15) is 5.82 Å². The predicted molar refractivity (Wildman–Crippen MR) is 112 cm³/mol. The Bertz CT molecular complexity index is 823. The fourth-order valence-corrected chi connectivity index (χ4v) is 4.83. The molecule has 29 heavy (non-hydrogen) atoms. The number of nitrogens with one attached hydrogen (secondary N) is 1. The van der Waals surface area contributed by atoms with E-state index in [0.29, 0.717) is 17.6 Å². The second kappa shape index (κ2) is 9.01. The van der Waals surface area contributed by atoms with E-state index in [2.05, 4.69) is 33.2 Å². The van der Waals surface area contributed by atoms with E-state index in [4.69, 9.17) is 0 Å². The normalized spacial score (nSPS) is 23.9. The van der Waals surface area contributed by atoms with Crippen molar-refractivity contribution in [1.29, 1.82) is 0 Å². The number of carbonyl (C=O) groups is 1. The molecule has 0 saturated carbocycles. The van der Waals surface area contributed by atoms with Crippen LogP contribution in [-0.4, -0.2) is 53.4 Å². The molecule has 5 nitrogen and oxygen atoms in total. The lowest BCUT2D eigenvalue weighted by Crippen LogP contribution is -2.41. The summed E-state index contributed by atoms with van der Waals surface area (Å²) >= 11 is 0. The number of anilines is 1. The Morgan fingerprint density at radius 1 is 1.24 bits per heavy atom. The average Bonchev–Trinajstić information content (AvgIpc) is 3.11. The number of rotatable bonds is 5. The van der Waals surface area contributed by atoms with Crippen molar-refractivity contribution in [3.05, 3.63) is 60.2 Å². The van der Waals surface area contributed by atoms with Gasteiger partial charge < -0.3 is 10.2 Å². The van der Waals surface area contributed by atoms with E-state index in [1.54, 1.807) is 12.1 Å². The first-order valence-corrected chi connectivity index (χ1v) is 10.5. The van der Waals surface area contributed by atoms with Gasteiger partial charge in [-0.15, -0.1) is 0 Å². The molecule has 2 fully saturated rings. The van der Waals surface area contributed by atoms with Crippen LogP contribution in [0.1, 0.15) is 24.8 Å². The second-order valence-electron chi connectivity index (χ2n) is 8.41. The maximum Gasteiger partial charge on any atom is 0.228 e. The number of hydrogen-bond acceptors (Lipinski definition) is 4. The van der Waals surface area contributed by atoms with Crippen molar-refractivity contribution in [2.75, 3.05) is 32.0 Å². The van der Waals surface area contributed by atoms with Crippen LogP contribution < -0.4 is 5.32 Å². The van der Waals surface area contributed by atoms with Gasteiger partial charge in [-0.05, 0) is 75.1 Å². The predicted octanol–water partition coefficient (Wildman–Crippen LogP) is 3.39. The van der Waals surface area contributed by atoms with Gasteiger partial charge in [0, 0.05) is 37.2 Å². The second-order valence-corrected chi connectivity index (χ2v) is 8.41. The largest absolute Gasteiger partial charge is 0.326 e. The molecular formula is C23H29FN4O. The van der Waals surface area contributed by atoms with Crippen molar-refractivity contribution >= 4 is 11.6 Å². The Morgan fingerprint density at radius 3 is 2.79 bits per heavy atom. The van der Waals surface area contributed by atoms with E-state index in [-0.39, 0.29) is 17.6 Å². The Balaban J connectivity index is 1.28. The third-order valence-electron chi connectivity index (χ3n) is 6.37. The maximum atomic E-state index is 13.4. The lowest BCUT2D eigenvalue weighted by atomic mass is 9.86. The third kappa shape index (κ3) is 5.00. The standard InChI is InChI=1S/C23H29FN4O/c1-27-16-19(23(29)26-21-6-2-5-20(24)13-21)12-22(27)18-7-10-28(11-8-18)15-17-4-3-9-25-14-17/h2-6,9,13-14,18-19,22H,7-8,10-12,15-16H2,1H3,(H,26,29). The van der Waals surface area contributed by atoms with Crippen LogP contribution in [0.3, 0.4) is 0 Å². The molecule has 4 rings (SSSR count). The number of nitrogens with zero attached hydrogens (tertiary/aromatic N) is 3. The number of aromatic nitrogens is 1. The lowest BCUT2D eigenvalue weighted by molar-refractivity contribution is -0.119. The number of piperidine rings is 1. The zero-order chi connectivity index (χ0) is 20.2. The van der Waals surface area contributed by atoms with Crippen molar-refractivity contribution in [2.24, 2.45) is 11.8 Å². The SMILES string of the molecule is CN1CC(C(=O)Nc2cccc(F)c2)CC1C1CCN(Cc2cccnc2)CC1. The summed E-state index contributed by atoms with van der Waals surface area (Å²) in [6.07, 6.45) is 6.96. The lowest BCUT2D eigenvalue weighted by Gasteiger charge is -2.37. The summed E-state index contributed by atoms with van der Waals surface area (Å²) in [4.78, 5) is 21.7. The number of halogens is 1. The van der Waals surface area contributed by atoms with Gasteiger partial charge in [-0.2, -0.15) is 0 Å². The summed E-state index contributed by atoms with van der Waals surface area (Å²) in [6, 6.07) is 10.7. The molecule has 154 valence electrons. The van der Waals surface area contributed by atoms with Gasteiger partial charge in [-0.3, -0.25) is 14.7 Å². The molecule has 2 aliphatic rings. The van der Waals surface area contributed by atoms with Gasteiger partial charge in [-0.25, -0.2) is 4.39 Å². The van der Waals surface area contributed by atoms with E-state index in [9.17, 15) is 9.18 Å². The molecular weight excluding hydrogens is 367 g/mol. The van der Waals surface area contributed by atoms with Crippen LogP contribution in [0.2, 0.25) is 0 Å². The average molecular weight is 397 g/mol. The number of amides is 1. The molecule has 1 N–H and O–H groups in total. The molecule has 6 heteroatoms. The van der Waals surface area contributed by atoms with Crippen LogP contribution in [0, 0.1) is 17.7 Å². The molecule has 1 aromatic carbocycles. The number of hydrogen-bond donors (Lipinski definition) is 1. The highest BCUT2D eigenvalue weighted by molar-refractivity contribution is 5.92. The minimum absolute atomic E-state index is 0.000960. The van der Waals surface area contributed by atoms with Gasteiger partial charge >= 0.3 is 0 Å². The number of likely N-dealkylation sites (tertiary alicyclic amines) is 2. The van der Waals surface area contributed by atoms with Gasteiger partial charge in [0.05, 0.1) is 5.92 Å². The summed E-state index contributed by atoms with van der Waals surface area (Å²) in [5.74, 6) is 0.250. The van der Waals surface area contributed by atoms with Gasteiger partial charge in [0.25, 0.3) is 0 Å². The molecule has 1 amide bonds. The quantitative estimate of drug-likeness (QED) is 0.842. The first-order chi connectivity index (χ1) is 14.1. The molecule has 0 aliphatic carbocycles. The highest BCUT2D eigenvalue weighted by Crippen LogP contribution is 2.33. The number of carbonyl (C=O) groups excluding carboxylic acids is 1. The van der Waals surface area contributed by atoms with Crippen molar-refractivity contribution in [2.45, 2.75) is 31.8 Å². The minimum atomic E-state index is -0.331. The molecule has 0 spiro atoms. The van der Waals surface area contributed by atoms with E-state index in [1.807, 2.05) is 18.5 Å². The Morgan fingerprint density at radius 2 is 2.07 bits per heavy atom. The van der Waals surface area contributed by atoms with Crippen LogP contribution in [-0.2, 0) is 11.3 Å². The smallest absolute Gasteiger partial charge is 0.228 e. The van der Waals surface area contributed by atoms with Crippen LogP contribution >= 0.6 is 0 Å². The Hall–Kier alpha value is -2.31. The minimum Gasteiger partial charge on any atom is -0.326 e. The van der Waals surface area contributed by atoms with Crippen molar-refractivity contribution in [3.63, 3.8) is 0 Å². The van der Waals surface area contributed by atoms with Crippen molar-refractivity contribution in [1.82, 2.24) is 14.8 Å². The molecule has 2 aliphatic heterocycles. The summed E-state index contributed by atoms with van der Waals surface area (Å²) < 4.78 is 13.4. The van der Waals surface area contributed by atoms with Crippen LogP contribution in [0.5, 0.6) is 0 Å². The fraction of sp³-hybridized carbons (Fsp3) is 0.478. The first kappa shape index (κ1) is 20.0. The molecule has 2 unspecified atom stereocenters. The molecule has 0 bridgehead atoms. The zero-order valence-electron chi connectivity index (χ0n) is 16.9. The topological polar surface area (TPSA) is 48.5 Å². The summed E-state index contributed by atoms with van der Waals surface area (Å²) in [5.41, 5.74) is 1.79. The summed E-state index contributed by atoms with van der Waals surface area (Å²) in [6.45, 7) is 3.90.